The van der Waals surface area contributed by atoms with Crippen LogP contribution in [0.3, 0.4) is 0 Å². The van der Waals surface area contributed by atoms with Crippen LogP contribution in [0.15, 0.2) is 59.8 Å². The first kappa shape index (κ1) is 25.9. The number of rotatable bonds is 7. The van der Waals surface area contributed by atoms with E-state index >= 15 is 0 Å². The van der Waals surface area contributed by atoms with Gasteiger partial charge in [-0.1, -0.05) is 83.1 Å². The standard InChI is InChI=1S/C15H20.C5H12.C4H11N/c1-5-7-10-14(6-2)15-11-8-9-12(3)13(15)4;1-3-5-4-2;1-3-4-5-2/h5-7,10H,1,3,8-9,11H2,2,4H3;3-5H2,1-2H3;5H,3-4H2,1-2H3/b10-7-,14-6+;;. The van der Waals surface area contributed by atoms with Crippen molar-refractivity contribution in [3.8, 4) is 0 Å². The number of hydrogen-bond acceptors (Lipinski definition) is 1. The van der Waals surface area contributed by atoms with Gasteiger partial charge in [0, 0.05) is 0 Å². The minimum atomic E-state index is 1.14. The van der Waals surface area contributed by atoms with Gasteiger partial charge < -0.3 is 5.32 Å². The number of hydrogen-bond donors (Lipinski definition) is 1. The summed E-state index contributed by atoms with van der Waals surface area (Å²) in [6.45, 7) is 19.8. The molecule has 1 heteroatoms. The summed E-state index contributed by atoms with van der Waals surface area (Å²) in [6, 6.07) is 0. The van der Waals surface area contributed by atoms with Crippen molar-refractivity contribution in [2.75, 3.05) is 13.6 Å². The number of unbranched alkanes of at least 4 members (excludes halogenated alkanes) is 2. The zero-order chi connectivity index (χ0) is 19.5. The first-order valence-corrected chi connectivity index (χ1v) is 10.0. The van der Waals surface area contributed by atoms with Crippen molar-refractivity contribution in [3.05, 3.63) is 59.8 Å². The highest BCUT2D eigenvalue weighted by atomic mass is 14.8. The van der Waals surface area contributed by atoms with E-state index in [-0.39, 0.29) is 0 Å². The second-order valence-corrected chi connectivity index (χ2v) is 6.36. The molecule has 0 radical (unpaired) electrons. The number of allylic oxidation sites excluding steroid dienone is 8. The van der Waals surface area contributed by atoms with Gasteiger partial charge in [-0.15, -0.1) is 0 Å². The molecule has 0 atom stereocenters. The smallest absolute Gasteiger partial charge is 0.00546 e. The van der Waals surface area contributed by atoms with Crippen LogP contribution in [0, 0.1) is 0 Å². The first-order chi connectivity index (χ1) is 12.0. The second kappa shape index (κ2) is 19.0. The summed E-state index contributed by atoms with van der Waals surface area (Å²) in [5, 5.41) is 3.02. The molecule has 144 valence electrons. The molecule has 0 saturated heterocycles. The lowest BCUT2D eigenvalue weighted by molar-refractivity contribution is 0.772. The minimum Gasteiger partial charge on any atom is -0.320 e. The van der Waals surface area contributed by atoms with E-state index in [0.29, 0.717) is 0 Å². The molecule has 0 saturated carbocycles. The lowest BCUT2D eigenvalue weighted by atomic mass is 9.85. The molecular formula is C24H43N. The van der Waals surface area contributed by atoms with Crippen molar-refractivity contribution in [2.24, 2.45) is 0 Å². The van der Waals surface area contributed by atoms with Gasteiger partial charge in [-0.3, -0.25) is 0 Å². The van der Waals surface area contributed by atoms with Crippen LogP contribution in [0.5, 0.6) is 0 Å². The van der Waals surface area contributed by atoms with E-state index in [0.717, 1.165) is 13.0 Å². The molecule has 0 unspecified atom stereocenters. The van der Waals surface area contributed by atoms with E-state index in [1.54, 1.807) is 0 Å². The lowest BCUT2D eigenvalue weighted by Gasteiger charge is -2.20. The molecule has 25 heavy (non-hydrogen) atoms. The summed E-state index contributed by atoms with van der Waals surface area (Å²) in [7, 11) is 1.96. The second-order valence-electron chi connectivity index (χ2n) is 6.36. The van der Waals surface area contributed by atoms with Gasteiger partial charge in [0.25, 0.3) is 0 Å². The third kappa shape index (κ3) is 13.6. The Morgan fingerprint density at radius 2 is 1.76 bits per heavy atom. The van der Waals surface area contributed by atoms with Crippen molar-refractivity contribution in [1.29, 1.82) is 0 Å². The summed E-state index contributed by atoms with van der Waals surface area (Å²) in [6.07, 6.45) is 17.0. The maximum Gasteiger partial charge on any atom is -0.00546 e. The Morgan fingerprint density at radius 1 is 1.12 bits per heavy atom. The average Bonchev–Trinajstić information content (AvgIpc) is 2.61. The quantitative estimate of drug-likeness (QED) is 0.470. The topological polar surface area (TPSA) is 12.0 Å². The highest BCUT2D eigenvalue weighted by Gasteiger charge is 2.13. The van der Waals surface area contributed by atoms with E-state index in [1.807, 2.05) is 19.2 Å². The third-order valence-electron chi connectivity index (χ3n) is 4.17. The monoisotopic (exact) mass is 345 g/mol. The fraction of sp³-hybridized carbons (Fsp3) is 0.583. The molecule has 1 aliphatic carbocycles. The summed E-state index contributed by atoms with van der Waals surface area (Å²) in [4.78, 5) is 0. The molecule has 0 aromatic heterocycles. The van der Waals surface area contributed by atoms with Crippen LogP contribution in [-0.4, -0.2) is 13.6 Å². The molecule has 1 rings (SSSR count). The van der Waals surface area contributed by atoms with Crippen LogP contribution in [-0.2, 0) is 0 Å². The number of nitrogens with one attached hydrogen (secondary N) is 1. The molecule has 0 aromatic rings. The average molecular weight is 346 g/mol. The van der Waals surface area contributed by atoms with Gasteiger partial charge in [0.05, 0.1) is 0 Å². The van der Waals surface area contributed by atoms with Crippen LogP contribution in [0.1, 0.15) is 79.6 Å². The Kier molecular flexibility index (Phi) is 19.7. The van der Waals surface area contributed by atoms with E-state index in [4.69, 9.17) is 0 Å². The van der Waals surface area contributed by atoms with Crippen molar-refractivity contribution >= 4 is 0 Å². The SMILES string of the molecule is C=C/C=C\C(=C/C)C1=C(C)C(=C)CCC1.CCCCC.CCCNC. The van der Waals surface area contributed by atoms with Gasteiger partial charge in [-0.25, -0.2) is 0 Å². The van der Waals surface area contributed by atoms with E-state index in [1.165, 1.54) is 60.8 Å². The van der Waals surface area contributed by atoms with E-state index in [2.05, 4.69) is 65.2 Å². The molecule has 0 fully saturated rings. The Morgan fingerprint density at radius 3 is 2.12 bits per heavy atom. The fourth-order valence-electron chi connectivity index (χ4n) is 2.57. The van der Waals surface area contributed by atoms with E-state index < -0.39 is 0 Å². The van der Waals surface area contributed by atoms with Crippen LogP contribution in [0.25, 0.3) is 0 Å². The lowest BCUT2D eigenvalue weighted by Crippen LogP contribution is -2.04. The Bertz CT molecular complexity index is 425. The fourth-order valence-corrected chi connectivity index (χ4v) is 2.57. The largest absolute Gasteiger partial charge is 0.320 e. The zero-order valence-electron chi connectivity index (χ0n) is 17.9. The summed E-state index contributed by atoms with van der Waals surface area (Å²) in [5.74, 6) is 0. The van der Waals surface area contributed by atoms with Crippen molar-refractivity contribution in [2.45, 2.75) is 79.6 Å². The van der Waals surface area contributed by atoms with Crippen LogP contribution in [0.4, 0.5) is 0 Å². The molecule has 0 bridgehead atoms. The van der Waals surface area contributed by atoms with Crippen molar-refractivity contribution in [1.82, 2.24) is 5.32 Å². The molecule has 1 N–H and O–H groups in total. The summed E-state index contributed by atoms with van der Waals surface area (Å²) in [5.41, 5.74) is 5.44. The zero-order valence-corrected chi connectivity index (χ0v) is 17.9. The Balaban J connectivity index is 0. The van der Waals surface area contributed by atoms with Gasteiger partial charge in [-0.2, -0.15) is 0 Å². The van der Waals surface area contributed by atoms with Crippen molar-refractivity contribution in [3.63, 3.8) is 0 Å². The predicted octanol–water partition coefficient (Wildman–Crippen LogP) is 7.54. The van der Waals surface area contributed by atoms with Gasteiger partial charge >= 0.3 is 0 Å². The summed E-state index contributed by atoms with van der Waals surface area (Å²) >= 11 is 0. The van der Waals surface area contributed by atoms with Crippen LogP contribution < -0.4 is 5.32 Å². The Hall–Kier alpha value is -1.34. The Labute approximate surface area is 158 Å². The normalized spacial score (nSPS) is 14.6. The molecule has 1 aliphatic rings. The van der Waals surface area contributed by atoms with Crippen LogP contribution in [0.2, 0.25) is 0 Å². The molecule has 0 amide bonds. The highest BCUT2D eigenvalue weighted by molar-refractivity contribution is 5.49. The molecule has 0 heterocycles. The summed E-state index contributed by atoms with van der Waals surface area (Å²) < 4.78 is 0. The predicted molar refractivity (Wildman–Crippen MR) is 118 cm³/mol. The minimum absolute atomic E-state index is 1.14. The molecule has 0 spiro atoms. The molecular weight excluding hydrogens is 302 g/mol. The maximum atomic E-state index is 4.11. The molecule has 1 nitrogen and oxygen atoms in total. The molecule has 0 aromatic carbocycles. The first-order valence-electron chi connectivity index (χ1n) is 10.0. The molecule has 0 aliphatic heterocycles. The van der Waals surface area contributed by atoms with Gasteiger partial charge in [0.15, 0.2) is 0 Å². The van der Waals surface area contributed by atoms with E-state index in [9.17, 15) is 0 Å². The highest BCUT2D eigenvalue weighted by Crippen LogP contribution is 2.32. The van der Waals surface area contributed by atoms with Crippen molar-refractivity contribution < 1.29 is 0 Å². The third-order valence-corrected chi connectivity index (χ3v) is 4.17. The van der Waals surface area contributed by atoms with Gasteiger partial charge in [0.1, 0.15) is 0 Å². The maximum absolute atomic E-state index is 4.11. The van der Waals surface area contributed by atoms with Gasteiger partial charge in [-0.05, 0) is 69.8 Å². The van der Waals surface area contributed by atoms with Crippen LogP contribution >= 0.6 is 0 Å². The van der Waals surface area contributed by atoms with Gasteiger partial charge in [0.2, 0.25) is 0 Å².